The molecule has 0 radical (unpaired) electrons. The Balaban J connectivity index is 1.37. The molecule has 1 saturated carbocycles. The molecule has 0 amide bonds. The number of aliphatic hydroxyl groups excluding tert-OH is 4. The quantitative estimate of drug-likeness (QED) is 0.155. The molecule has 8 unspecified atom stereocenters. The molecule has 0 bridgehead atoms. The molecule has 0 spiro atoms. The van der Waals surface area contributed by atoms with Crippen molar-refractivity contribution in [2.45, 2.75) is 80.6 Å². The first-order chi connectivity index (χ1) is 23.9. The molecule has 8 atom stereocenters. The van der Waals surface area contributed by atoms with Gasteiger partial charge in [0.1, 0.15) is 53.1 Å². The van der Waals surface area contributed by atoms with Gasteiger partial charge < -0.3 is 64.5 Å². The monoisotopic (exact) mass is 700 g/mol. The number of aromatic hydroxyl groups is 1. The van der Waals surface area contributed by atoms with Crippen LogP contribution in [0.15, 0.2) is 46.4 Å². The average Bonchev–Trinajstić information content (AvgIpc) is 3.59. The lowest BCUT2D eigenvalue weighted by Crippen LogP contribution is -2.69. The van der Waals surface area contributed by atoms with Gasteiger partial charge in [-0.1, -0.05) is 12.1 Å². The van der Waals surface area contributed by atoms with Gasteiger partial charge >= 0.3 is 5.97 Å². The molecule has 8 N–H and O–H groups in total. The standard InChI is InChI=1S/C34H40N2O14/c1-46-20-6-4-18(5-7-20)22-11-21(38)25-23(47-22)12-24(28(26(25)39)50-33(44)9-2-3-17(13-33)8-10-37)48-32-27(40)29(41)34(45,30(49-32)31(42)43)14-19-15-35-16-36-19/h4-7,11-12,16-17,22,27,29-30,32,37-41,44-45H,2-3,8-10,13-15H2,1H3,(H,42,43). The van der Waals surface area contributed by atoms with Crippen molar-refractivity contribution in [3.63, 3.8) is 0 Å². The highest BCUT2D eigenvalue weighted by molar-refractivity contribution is 5.97. The largest absolute Gasteiger partial charge is 0.507 e. The highest BCUT2D eigenvalue weighted by atomic mass is 16.7. The van der Waals surface area contributed by atoms with Gasteiger partial charge in [-0.15, -0.1) is 0 Å². The van der Waals surface area contributed by atoms with Crippen molar-refractivity contribution in [1.29, 1.82) is 0 Å². The van der Waals surface area contributed by atoms with Crippen LogP contribution in [0.3, 0.4) is 0 Å². The topological polar surface area (TPSA) is 250 Å². The van der Waals surface area contributed by atoms with Crippen LogP contribution in [0.2, 0.25) is 0 Å². The second-order valence-corrected chi connectivity index (χ2v) is 12.9. The SMILES string of the molecule is COc1ccc(C2C=C(O)c3c(cc(OC4OC(C(=O)O)C(O)(CC5=NC=NC5)C(O)C4O)c(OC4(O)CCCC(CCO)C4)c3O)O2)cc1. The van der Waals surface area contributed by atoms with Crippen molar-refractivity contribution in [1.82, 2.24) is 0 Å². The molecule has 16 heteroatoms. The number of hydrogen-bond acceptors (Lipinski definition) is 15. The van der Waals surface area contributed by atoms with Crippen LogP contribution < -0.4 is 18.9 Å². The van der Waals surface area contributed by atoms with Gasteiger partial charge in [-0.25, -0.2) is 9.79 Å². The molecule has 50 heavy (non-hydrogen) atoms. The molecule has 2 aromatic rings. The summed E-state index contributed by atoms with van der Waals surface area (Å²) in [5.74, 6) is -5.23. The molecular weight excluding hydrogens is 660 g/mol. The summed E-state index contributed by atoms with van der Waals surface area (Å²) in [7, 11) is 1.51. The zero-order valence-electron chi connectivity index (χ0n) is 27.1. The minimum absolute atomic E-state index is 0.0490. The van der Waals surface area contributed by atoms with Crippen molar-refractivity contribution in [3.05, 3.63) is 47.5 Å². The first-order valence-corrected chi connectivity index (χ1v) is 16.2. The Morgan fingerprint density at radius 1 is 1.14 bits per heavy atom. The van der Waals surface area contributed by atoms with Gasteiger partial charge in [0.2, 0.25) is 17.8 Å². The molecule has 270 valence electrons. The highest BCUT2D eigenvalue weighted by Gasteiger charge is 2.59. The Morgan fingerprint density at radius 2 is 1.90 bits per heavy atom. The Morgan fingerprint density at radius 3 is 2.56 bits per heavy atom. The van der Waals surface area contributed by atoms with Crippen LogP contribution in [0.1, 0.15) is 55.8 Å². The van der Waals surface area contributed by atoms with Crippen molar-refractivity contribution >= 4 is 23.8 Å². The van der Waals surface area contributed by atoms with Crippen LogP contribution in [0, 0.1) is 5.92 Å². The van der Waals surface area contributed by atoms with E-state index in [1.165, 1.54) is 25.6 Å². The summed E-state index contributed by atoms with van der Waals surface area (Å²) in [6.45, 7) is -0.0609. The van der Waals surface area contributed by atoms with E-state index in [1.807, 2.05) is 0 Å². The number of aliphatic imine (C=N–C) groups is 2. The number of carbonyl (C=O) groups is 1. The Hall–Kier alpha value is -4.45. The first kappa shape index (κ1) is 35.4. The number of benzene rings is 2. The van der Waals surface area contributed by atoms with Gasteiger partial charge in [-0.2, -0.15) is 0 Å². The van der Waals surface area contributed by atoms with Gasteiger partial charge in [0.15, 0.2) is 17.6 Å². The third-order valence-corrected chi connectivity index (χ3v) is 9.45. The highest BCUT2D eigenvalue weighted by Crippen LogP contribution is 2.53. The van der Waals surface area contributed by atoms with Gasteiger partial charge in [0.05, 0.1) is 13.7 Å². The van der Waals surface area contributed by atoms with Crippen molar-refractivity contribution < 1.29 is 69.3 Å². The van der Waals surface area contributed by atoms with E-state index in [-0.39, 0.29) is 48.9 Å². The van der Waals surface area contributed by atoms with Gasteiger partial charge in [0.25, 0.3) is 0 Å². The first-order valence-electron chi connectivity index (χ1n) is 16.2. The van der Waals surface area contributed by atoms with Crippen LogP contribution in [0.4, 0.5) is 0 Å². The summed E-state index contributed by atoms with van der Waals surface area (Å²) in [4.78, 5) is 20.2. The second-order valence-electron chi connectivity index (χ2n) is 12.9. The van der Waals surface area contributed by atoms with Crippen LogP contribution in [-0.4, -0.2) is 115 Å². The van der Waals surface area contributed by atoms with Crippen molar-refractivity contribution in [3.8, 4) is 28.7 Å². The fourth-order valence-electron chi connectivity index (χ4n) is 6.88. The molecule has 16 nitrogen and oxygen atoms in total. The molecule has 1 saturated heterocycles. The molecule has 3 heterocycles. The van der Waals surface area contributed by atoms with Crippen LogP contribution in [-0.2, 0) is 9.53 Å². The molecule has 0 aromatic heterocycles. The summed E-state index contributed by atoms with van der Waals surface area (Å²) in [6.07, 6.45) is -5.23. The smallest absolute Gasteiger partial charge is 0.336 e. The maximum absolute atomic E-state index is 12.4. The van der Waals surface area contributed by atoms with E-state index in [0.29, 0.717) is 30.6 Å². The molecule has 3 aliphatic heterocycles. The second kappa shape index (κ2) is 14.0. The van der Waals surface area contributed by atoms with Crippen LogP contribution in [0.5, 0.6) is 28.7 Å². The fourth-order valence-corrected chi connectivity index (χ4v) is 6.88. The lowest BCUT2D eigenvalue weighted by atomic mass is 9.80. The van der Waals surface area contributed by atoms with Crippen LogP contribution in [0.25, 0.3) is 5.76 Å². The normalized spacial score (nSPS) is 32.0. The Bertz CT molecular complexity index is 1680. The molecule has 1 aliphatic carbocycles. The summed E-state index contributed by atoms with van der Waals surface area (Å²) in [5, 5.41) is 87.5. The number of phenolic OH excluding ortho intramolecular Hbond substituents is 1. The summed E-state index contributed by atoms with van der Waals surface area (Å²) in [6, 6.07) is 8.00. The summed E-state index contributed by atoms with van der Waals surface area (Å²) < 4.78 is 28.9. The molecule has 4 aliphatic rings. The molecule has 2 aromatic carbocycles. The predicted molar refractivity (Wildman–Crippen MR) is 174 cm³/mol. The lowest BCUT2D eigenvalue weighted by Gasteiger charge is -2.46. The number of ether oxygens (including phenoxy) is 5. The van der Waals surface area contributed by atoms with E-state index in [2.05, 4.69) is 9.98 Å². The van der Waals surface area contributed by atoms with Crippen molar-refractivity contribution in [2.75, 3.05) is 20.3 Å². The number of aliphatic hydroxyl groups is 6. The van der Waals surface area contributed by atoms with E-state index in [1.54, 1.807) is 24.3 Å². The summed E-state index contributed by atoms with van der Waals surface area (Å²) in [5.41, 5.74) is -1.89. The minimum Gasteiger partial charge on any atom is -0.507 e. The number of aliphatic carboxylic acids is 1. The van der Waals surface area contributed by atoms with Gasteiger partial charge in [0, 0.05) is 43.7 Å². The minimum atomic E-state index is -2.54. The third-order valence-electron chi connectivity index (χ3n) is 9.45. The van der Waals surface area contributed by atoms with Crippen LogP contribution >= 0.6 is 0 Å². The number of rotatable bonds is 11. The van der Waals surface area contributed by atoms with E-state index in [9.17, 15) is 45.6 Å². The number of fused-ring (bicyclic) bond motifs is 1. The van der Waals surface area contributed by atoms with E-state index < -0.39 is 77.5 Å². The molecule has 6 rings (SSSR count). The van der Waals surface area contributed by atoms with E-state index in [0.717, 1.165) is 0 Å². The maximum Gasteiger partial charge on any atom is 0.336 e. The third kappa shape index (κ3) is 6.82. The van der Waals surface area contributed by atoms with Crippen molar-refractivity contribution in [2.24, 2.45) is 15.9 Å². The van der Waals surface area contributed by atoms with E-state index in [4.69, 9.17) is 23.7 Å². The zero-order chi connectivity index (χ0) is 35.8. The molecular formula is C34H40N2O14. The zero-order valence-corrected chi connectivity index (χ0v) is 27.1. The van der Waals surface area contributed by atoms with E-state index >= 15 is 0 Å². The molecule has 2 fully saturated rings. The Labute approximate surface area is 286 Å². The number of methoxy groups -OCH3 is 1. The van der Waals surface area contributed by atoms with Gasteiger partial charge in [-0.05, 0) is 42.9 Å². The number of hydrogen-bond donors (Lipinski definition) is 8. The maximum atomic E-state index is 12.4. The summed E-state index contributed by atoms with van der Waals surface area (Å²) >= 11 is 0. The predicted octanol–water partition coefficient (Wildman–Crippen LogP) is 1.59. The average molecular weight is 701 g/mol. The number of carboxylic acid groups (broad SMARTS) is 1. The number of carboxylic acids is 1. The fraction of sp³-hybridized carbons (Fsp3) is 0.500. The van der Waals surface area contributed by atoms with Gasteiger partial charge in [-0.3, -0.25) is 4.99 Å². The lowest BCUT2D eigenvalue weighted by molar-refractivity contribution is -0.303. The number of nitrogens with zero attached hydrogens (tertiary/aromatic N) is 2. The number of phenols is 1. The Kier molecular flexibility index (Phi) is 9.94.